The van der Waals surface area contributed by atoms with Crippen molar-refractivity contribution in [2.24, 2.45) is 0 Å². The molecule has 1 atom stereocenters. The van der Waals surface area contributed by atoms with Crippen LogP contribution in [0.4, 0.5) is 9.59 Å². The van der Waals surface area contributed by atoms with E-state index in [9.17, 15) is 9.59 Å². The van der Waals surface area contributed by atoms with Crippen LogP contribution in [0.5, 0.6) is 0 Å². The number of nitrogens with zero attached hydrogens (tertiary/aromatic N) is 5. The first kappa shape index (κ1) is 18.4. The van der Waals surface area contributed by atoms with Gasteiger partial charge >= 0.3 is 12.1 Å². The van der Waals surface area contributed by atoms with Crippen molar-refractivity contribution >= 4 is 12.1 Å². The Morgan fingerprint density at radius 3 is 3.00 bits per heavy atom. The van der Waals surface area contributed by atoms with E-state index < -0.39 is 5.60 Å². The van der Waals surface area contributed by atoms with Crippen LogP contribution in [0.25, 0.3) is 0 Å². The quantitative estimate of drug-likeness (QED) is 0.811. The van der Waals surface area contributed by atoms with E-state index in [0.29, 0.717) is 51.6 Å². The van der Waals surface area contributed by atoms with E-state index in [1.807, 2.05) is 4.57 Å². The third-order valence-electron chi connectivity index (χ3n) is 4.96. The highest BCUT2D eigenvalue weighted by Gasteiger charge is 2.44. The molecule has 3 rings (SSSR count). The number of likely N-dealkylation sites (N-methyl/N-ethyl adjacent to an activating group) is 1. The van der Waals surface area contributed by atoms with E-state index in [4.69, 9.17) is 9.47 Å². The zero-order chi connectivity index (χ0) is 18.6. The minimum Gasteiger partial charge on any atom is -0.441 e. The van der Waals surface area contributed by atoms with Crippen LogP contribution in [0.3, 0.4) is 0 Å². The van der Waals surface area contributed by atoms with Gasteiger partial charge in [0.15, 0.2) is 5.82 Å². The van der Waals surface area contributed by atoms with Crippen LogP contribution in [0.15, 0.2) is 6.33 Å². The molecule has 3 amide bonds. The highest BCUT2D eigenvalue weighted by molar-refractivity contribution is 5.74. The van der Waals surface area contributed by atoms with Gasteiger partial charge in [-0.25, -0.2) is 9.59 Å². The molecule has 144 valence electrons. The van der Waals surface area contributed by atoms with E-state index in [1.54, 1.807) is 30.3 Å². The number of ether oxygens (including phenoxy) is 2. The Morgan fingerprint density at radius 2 is 2.27 bits per heavy atom. The van der Waals surface area contributed by atoms with Crippen molar-refractivity contribution in [3.63, 3.8) is 0 Å². The van der Waals surface area contributed by atoms with Crippen LogP contribution in [-0.2, 0) is 22.6 Å². The smallest absolute Gasteiger partial charge is 0.410 e. The third kappa shape index (κ3) is 4.06. The fraction of sp³-hybridized carbons (Fsp3) is 0.750. The van der Waals surface area contributed by atoms with E-state index in [1.165, 1.54) is 0 Å². The van der Waals surface area contributed by atoms with Gasteiger partial charge in [-0.1, -0.05) is 0 Å². The topological polar surface area (TPSA) is 102 Å². The number of rotatable bonds is 5. The summed E-state index contributed by atoms with van der Waals surface area (Å²) in [5.41, 5.74) is -0.457. The second kappa shape index (κ2) is 7.90. The lowest BCUT2D eigenvalue weighted by Gasteiger charge is -2.25. The Morgan fingerprint density at radius 1 is 1.42 bits per heavy atom. The summed E-state index contributed by atoms with van der Waals surface area (Å²) in [5.74, 6) is 0.688. The molecule has 2 saturated heterocycles. The second-order valence-electron chi connectivity index (χ2n) is 6.84. The molecule has 0 aromatic carbocycles. The number of nitrogens with one attached hydrogen (secondary N) is 1. The number of carbonyl (C=O) groups excluding carboxylic acids is 2. The summed E-state index contributed by atoms with van der Waals surface area (Å²) in [6.45, 7) is 3.29. The monoisotopic (exact) mass is 366 g/mol. The van der Waals surface area contributed by atoms with Crippen LogP contribution in [0, 0.1) is 0 Å². The molecule has 2 aliphatic heterocycles. The summed E-state index contributed by atoms with van der Waals surface area (Å²) in [5, 5.41) is 10.8. The fourth-order valence-electron chi connectivity index (χ4n) is 3.48. The zero-order valence-corrected chi connectivity index (χ0v) is 15.3. The van der Waals surface area contributed by atoms with Crippen LogP contribution in [0.2, 0.25) is 0 Å². The van der Waals surface area contributed by atoms with Crippen molar-refractivity contribution < 1.29 is 19.1 Å². The van der Waals surface area contributed by atoms with Crippen LogP contribution < -0.4 is 5.32 Å². The summed E-state index contributed by atoms with van der Waals surface area (Å²) in [4.78, 5) is 27.6. The molecule has 0 saturated carbocycles. The first-order valence-electron chi connectivity index (χ1n) is 8.85. The Hall–Kier alpha value is -2.36. The maximum atomic E-state index is 12.5. The highest BCUT2D eigenvalue weighted by Crippen LogP contribution is 2.32. The Kier molecular flexibility index (Phi) is 5.60. The summed E-state index contributed by atoms with van der Waals surface area (Å²) in [7, 11) is 3.38. The molecule has 0 aliphatic carbocycles. The van der Waals surface area contributed by atoms with E-state index in [2.05, 4.69) is 15.5 Å². The normalized spacial score (nSPS) is 23.2. The molecule has 10 nitrogen and oxygen atoms in total. The van der Waals surface area contributed by atoms with Crippen molar-refractivity contribution in [1.29, 1.82) is 0 Å². The molecule has 1 N–H and O–H groups in total. The molecule has 2 fully saturated rings. The van der Waals surface area contributed by atoms with Crippen LogP contribution >= 0.6 is 0 Å². The molecule has 0 radical (unpaired) electrons. The molecule has 0 unspecified atom stereocenters. The lowest BCUT2D eigenvalue weighted by Crippen LogP contribution is -2.41. The number of amides is 3. The number of aromatic nitrogens is 3. The number of hydrogen-bond acceptors (Lipinski definition) is 6. The van der Waals surface area contributed by atoms with Crippen molar-refractivity contribution in [2.75, 3.05) is 40.4 Å². The first-order valence-corrected chi connectivity index (χ1v) is 8.85. The predicted octanol–water partition coefficient (Wildman–Crippen LogP) is 0.441. The maximum Gasteiger partial charge on any atom is 0.410 e. The number of likely N-dealkylation sites (tertiary alicyclic amines) is 1. The van der Waals surface area contributed by atoms with Gasteiger partial charge in [-0.15, -0.1) is 10.2 Å². The fourth-order valence-corrected chi connectivity index (χ4v) is 3.48. The average molecular weight is 366 g/mol. The molecule has 1 spiro atoms. The lowest BCUT2D eigenvalue weighted by atomic mass is 9.95. The Labute approximate surface area is 152 Å². The Bertz CT molecular complexity index is 650. The van der Waals surface area contributed by atoms with Crippen LogP contribution in [0.1, 0.15) is 25.1 Å². The summed E-state index contributed by atoms with van der Waals surface area (Å²) < 4.78 is 12.5. The third-order valence-corrected chi connectivity index (χ3v) is 4.96. The molecule has 1 aromatic heterocycles. The van der Waals surface area contributed by atoms with E-state index >= 15 is 0 Å². The standard InChI is InChI=1S/C16H26N6O4/c1-20-11-16(26-15(20)24)4-3-6-21(7-5-16)14(23)17-10-13-19-18-12-22(13)8-9-25-2/h12H,3-11H2,1-2H3,(H,17,23)/t16-/m0/s1. The van der Waals surface area contributed by atoms with Gasteiger partial charge in [-0.3, -0.25) is 0 Å². The zero-order valence-electron chi connectivity index (χ0n) is 15.3. The van der Waals surface area contributed by atoms with Gasteiger partial charge < -0.3 is 29.2 Å². The minimum absolute atomic E-state index is 0.138. The van der Waals surface area contributed by atoms with Gasteiger partial charge in [0.25, 0.3) is 0 Å². The van der Waals surface area contributed by atoms with Gasteiger partial charge in [0.2, 0.25) is 0 Å². The van der Waals surface area contributed by atoms with Gasteiger partial charge in [0, 0.05) is 40.2 Å². The lowest BCUT2D eigenvalue weighted by molar-refractivity contribution is 0.0453. The molecule has 0 bridgehead atoms. The van der Waals surface area contributed by atoms with Gasteiger partial charge in [-0.2, -0.15) is 0 Å². The molecular formula is C16H26N6O4. The van der Waals surface area contributed by atoms with E-state index in [0.717, 1.165) is 12.8 Å². The number of hydrogen-bond donors (Lipinski definition) is 1. The molecule has 1 aromatic rings. The van der Waals surface area contributed by atoms with Gasteiger partial charge in [0.1, 0.15) is 11.9 Å². The second-order valence-corrected chi connectivity index (χ2v) is 6.84. The van der Waals surface area contributed by atoms with Crippen molar-refractivity contribution in [3.05, 3.63) is 12.2 Å². The number of methoxy groups -OCH3 is 1. The SMILES string of the molecule is COCCn1cnnc1CNC(=O)N1CCC[C@]2(CC1)CN(C)C(=O)O2. The first-order chi connectivity index (χ1) is 12.5. The molecule has 10 heteroatoms. The number of carbonyl (C=O) groups is 2. The number of urea groups is 1. The van der Waals surface area contributed by atoms with Crippen LogP contribution in [-0.4, -0.2) is 82.7 Å². The Balaban J connectivity index is 1.51. The highest BCUT2D eigenvalue weighted by atomic mass is 16.6. The molecular weight excluding hydrogens is 340 g/mol. The van der Waals surface area contributed by atoms with Gasteiger partial charge in [-0.05, 0) is 12.8 Å². The average Bonchev–Trinajstić information content (AvgIpc) is 3.11. The van der Waals surface area contributed by atoms with Crippen molar-refractivity contribution in [3.8, 4) is 0 Å². The summed E-state index contributed by atoms with van der Waals surface area (Å²) in [6, 6.07) is -0.138. The molecule has 2 aliphatic rings. The van der Waals surface area contributed by atoms with E-state index in [-0.39, 0.29) is 12.1 Å². The van der Waals surface area contributed by atoms with Gasteiger partial charge in [0.05, 0.1) is 19.7 Å². The summed E-state index contributed by atoms with van der Waals surface area (Å²) in [6.07, 6.45) is 3.58. The van der Waals surface area contributed by atoms with Crippen molar-refractivity contribution in [1.82, 2.24) is 29.9 Å². The van der Waals surface area contributed by atoms with Crippen molar-refractivity contribution in [2.45, 2.75) is 38.0 Å². The predicted molar refractivity (Wildman–Crippen MR) is 91.4 cm³/mol. The molecule has 26 heavy (non-hydrogen) atoms. The largest absolute Gasteiger partial charge is 0.441 e. The maximum absolute atomic E-state index is 12.5. The molecule has 3 heterocycles. The summed E-state index contributed by atoms with van der Waals surface area (Å²) >= 11 is 0. The minimum atomic E-state index is -0.457.